The number of aromatic hydroxyl groups is 1. The molecule has 0 aliphatic rings. The molecule has 0 saturated heterocycles. The van der Waals surface area contributed by atoms with Gasteiger partial charge in [-0.15, -0.1) is 11.3 Å². The van der Waals surface area contributed by atoms with E-state index >= 15 is 0 Å². The first kappa shape index (κ1) is 9.02. The predicted molar refractivity (Wildman–Crippen MR) is 54.8 cm³/mol. The van der Waals surface area contributed by atoms with Crippen LogP contribution in [0.2, 0.25) is 0 Å². The third kappa shape index (κ3) is 1.33. The zero-order chi connectivity index (χ0) is 10.1. The molecule has 4 heteroatoms. The molecule has 0 aliphatic heterocycles. The van der Waals surface area contributed by atoms with E-state index in [-0.39, 0.29) is 5.75 Å². The van der Waals surface area contributed by atoms with E-state index in [9.17, 15) is 9.90 Å². The quantitative estimate of drug-likeness (QED) is 0.732. The Bertz CT molecular complexity index is 487. The molecule has 0 aliphatic carbocycles. The van der Waals surface area contributed by atoms with E-state index in [0.717, 1.165) is 4.70 Å². The lowest BCUT2D eigenvalue weighted by molar-refractivity contribution is 0.0601. The summed E-state index contributed by atoms with van der Waals surface area (Å²) in [4.78, 5) is 11.2. The second-order valence-electron chi connectivity index (χ2n) is 2.82. The summed E-state index contributed by atoms with van der Waals surface area (Å²) < 4.78 is 5.54. The van der Waals surface area contributed by atoms with Gasteiger partial charge in [0.25, 0.3) is 0 Å². The van der Waals surface area contributed by atoms with Crippen molar-refractivity contribution in [2.75, 3.05) is 7.11 Å². The Morgan fingerprint density at radius 1 is 1.50 bits per heavy atom. The highest BCUT2D eigenvalue weighted by atomic mass is 32.1. The van der Waals surface area contributed by atoms with E-state index < -0.39 is 5.97 Å². The maximum absolute atomic E-state index is 11.2. The molecule has 1 aromatic heterocycles. The van der Waals surface area contributed by atoms with Gasteiger partial charge in [0.1, 0.15) is 5.75 Å². The first-order valence-electron chi connectivity index (χ1n) is 4.01. The number of rotatable bonds is 1. The van der Waals surface area contributed by atoms with Crippen LogP contribution < -0.4 is 0 Å². The highest BCUT2D eigenvalue weighted by Crippen LogP contribution is 2.31. The van der Waals surface area contributed by atoms with Crippen LogP contribution in [-0.2, 0) is 4.74 Å². The molecular weight excluding hydrogens is 200 g/mol. The van der Waals surface area contributed by atoms with Gasteiger partial charge in [0.2, 0.25) is 0 Å². The molecule has 1 N–H and O–H groups in total. The van der Waals surface area contributed by atoms with Crippen LogP contribution in [-0.4, -0.2) is 18.2 Å². The van der Waals surface area contributed by atoms with Gasteiger partial charge in [0, 0.05) is 15.5 Å². The normalized spacial score (nSPS) is 10.4. The molecule has 0 radical (unpaired) electrons. The zero-order valence-electron chi connectivity index (χ0n) is 7.48. The fourth-order valence-electron chi connectivity index (χ4n) is 1.26. The van der Waals surface area contributed by atoms with Crippen LogP contribution in [0.5, 0.6) is 5.75 Å². The number of fused-ring (bicyclic) bond motifs is 1. The topological polar surface area (TPSA) is 46.5 Å². The smallest absolute Gasteiger partial charge is 0.337 e. The number of hydrogen-bond acceptors (Lipinski definition) is 4. The number of ether oxygens (including phenoxy) is 1. The fraction of sp³-hybridized carbons (Fsp3) is 0.100. The van der Waals surface area contributed by atoms with E-state index in [2.05, 4.69) is 4.74 Å². The van der Waals surface area contributed by atoms with Crippen molar-refractivity contribution in [2.45, 2.75) is 0 Å². The van der Waals surface area contributed by atoms with Crippen LogP contribution in [0, 0.1) is 0 Å². The van der Waals surface area contributed by atoms with Crippen molar-refractivity contribution in [1.82, 2.24) is 0 Å². The van der Waals surface area contributed by atoms with Crippen LogP contribution in [0.15, 0.2) is 23.6 Å². The molecule has 1 aromatic carbocycles. The molecule has 14 heavy (non-hydrogen) atoms. The third-order valence-corrected chi connectivity index (χ3v) is 2.93. The molecule has 2 aromatic rings. The van der Waals surface area contributed by atoms with Gasteiger partial charge in [0.05, 0.1) is 12.7 Å². The first-order chi connectivity index (χ1) is 6.72. The van der Waals surface area contributed by atoms with Crippen molar-refractivity contribution in [2.24, 2.45) is 0 Å². The van der Waals surface area contributed by atoms with Gasteiger partial charge in [-0.3, -0.25) is 0 Å². The molecule has 3 nitrogen and oxygen atoms in total. The monoisotopic (exact) mass is 208 g/mol. The summed E-state index contributed by atoms with van der Waals surface area (Å²) in [6, 6.07) is 5.11. The second kappa shape index (κ2) is 3.31. The van der Waals surface area contributed by atoms with Crippen molar-refractivity contribution in [3.63, 3.8) is 0 Å². The molecule has 0 bridgehead atoms. The van der Waals surface area contributed by atoms with Gasteiger partial charge in [-0.2, -0.15) is 0 Å². The number of thiophene rings is 1. The summed E-state index contributed by atoms with van der Waals surface area (Å²) in [5.41, 5.74) is 0.453. The van der Waals surface area contributed by atoms with Crippen LogP contribution in [0.25, 0.3) is 10.1 Å². The third-order valence-electron chi connectivity index (χ3n) is 1.97. The van der Waals surface area contributed by atoms with Crippen LogP contribution in [0.4, 0.5) is 0 Å². The number of carbonyl (C=O) groups excluding carboxylic acids is 1. The lowest BCUT2D eigenvalue weighted by Gasteiger charge is -1.98. The molecule has 72 valence electrons. The van der Waals surface area contributed by atoms with E-state index in [1.54, 1.807) is 23.6 Å². The molecule has 0 spiro atoms. The molecule has 1 heterocycles. The van der Waals surface area contributed by atoms with Crippen LogP contribution in [0.3, 0.4) is 0 Å². The van der Waals surface area contributed by atoms with Gasteiger partial charge in [0.15, 0.2) is 0 Å². The predicted octanol–water partition coefficient (Wildman–Crippen LogP) is 2.39. The van der Waals surface area contributed by atoms with E-state index in [4.69, 9.17) is 0 Å². The van der Waals surface area contributed by atoms with Crippen molar-refractivity contribution in [1.29, 1.82) is 0 Å². The molecule has 0 amide bonds. The summed E-state index contributed by atoms with van der Waals surface area (Å²) >= 11 is 1.44. The standard InChI is InChI=1S/C10H8O3S/c1-13-10(12)6-2-3-9-7(4-6)8(11)5-14-9/h2-5,11H,1H3. The van der Waals surface area contributed by atoms with Gasteiger partial charge in [-0.05, 0) is 18.2 Å². The summed E-state index contributed by atoms with van der Waals surface area (Å²) in [6.07, 6.45) is 0. The SMILES string of the molecule is COC(=O)c1ccc2scc(O)c2c1. The highest BCUT2D eigenvalue weighted by molar-refractivity contribution is 7.17. The lowest BCUT2D eigenvalue weighted by atomic mass is 10.1. The van der Waals surface area contributed by atoms with Gasteiger partial charge >= 0.3 is 5.97 Å². The number of hydrogen-bond donors (Lipinski definition) is 1. The van der Waals surface area contributed by atoms with Crippen molar-refractivity contribution < 1.29 is 14.6 Å². The minimum absolute atomic E-state index is 0.204. The summed E-state index contributed by atoms with van der Waals surface area (Å²) in [5.74, 6) is -0.187. The molecule has 0 atom stereocenters. The van der Waals surface area contributed by atoms with Crippen molar-refractivity contribution in [3.8, 4) is 5.75 Å². The Labute approximate surface area is 84.6 Å². The average Bonchev–Trinajstić information content (AvgIpc) is 2.59. The number of carbonyl (C=O) groups is 1. The van der Waals surface area contributed by atoms with Crippen molar-refractivity contribution in [3.05, 3.63) is 29.1 Å². The molecule has 0 fully saturated rings. The van der Waals surface area contributed by atoms with Crippen LogP contribution >= 0.6 is 11.3 Å². The maximum atomic E-state index is 11.2. The molecule has 2 rings (SSSR count). The van der Waals surface area contributed by atoms with Gasteiger partial charge in [-0.1, -0.05) is 0 Å². The average molecular weight is 208 g/mol. The Morgan fingerprint density at radius 3 is 3.00 bits per heavy atom. The zero-order valence-corrected chi connectivity index (χ0v) is 8.30. The Balaban J connectivity index is 2.60. The molecular formula is C10H8O3S. The van der Waals surface area contributed by atoms with Gasteiger partial charge < -0.3 is 9.84 Å². The Morgan fingerprint density at radius 2 is 2.29 bits per heavy atom. The Kier molecular flexibility index (Phi) is 2.13. The first-order valence-corrected chi connectivity index (χ1v) is 4.89. The summed E-state index contributed by atoms with van der Waals surface area (Å²) in [6.45, 7) is 0. The van der Waals surface area contributed by atoms with E-state index in [1.807, 2.05) is 0 Å². The summed E-state index contributed by atoms with van der Waals surface area (Å²) in [7, 11) is 1.33. The minimum Gasteiger partial charge on any atom is -0.506 e. The number of esters is 1. The number of benzene rings is 1. The lowest BCUT2D eigenvalue weighted by Crippen LogP contribution is -1.99. The highest BCUT2D eigenvalue weighted by Gasteiger charge is 2.08. The number of methoxy groups -OCH3 is 1. The second-order valence-corrected chi connectivity index (χ2v) is 3.73. The van der Waals surface area contributed by atoms with E-state index in [0.29, 0.717) is 10.9 Å². The van der Waals surface area contributed by atoms with Crippen molar-refractivity contribution >= 4 is 27.4 Å². The van der Waals surface area contributed by atoms with Crippen LogP contribution in [0.1, 0.15) is 10.4 Å². The molecule has 0 saturated carbocycles. The largest absolute Gasteiger partial charge is 0.506 e. The minimum atomic E-state index is -0.391. The maximum Gasteiger partial charge on any atom is 0.337 e. The molecule has 0 unspecified atom stereocenters. The van der Waals surface area contributed by atoms with Gasteiger partial charge in [-0.25, -0.2) is 4.79 Å². The Hall–Kier alpha value is -1.55. The summed E-state index contributed by atoms with van der Waals surface area (Å²) in [5, 5.41) is 11.8. The van der Waals surface area contributed by atoms with E-state index in [1.165, 1.54) is 18.4 Å². The fourth-order valence-corrected chi connectivity index (χ4v) is 2.06.